The second-order valence-electron chi connectivity index (χ2n) is 9.51. The number of oxime groups is 1. The van der Waals surface area contributed by atoms with Crippen molar-refractivity contribution < 1.29 is 36.3 Å². The Morgan fingerprint density at radius 2 is 1.71 bits per heavy atom. The molecule has 1 aliphatic rings. The van der Waals surface area contributed by atoms with Crippen molar-refractivity contribution in [2.24, 2.45) is 5.16 Å². The molecule has 5 nitrogen and oxygen atoms in total. The molecule has 1 aliphatic heterocycles. The smallest absolute Gasteiger partial charge is 0.416 e. The molecule has 0 fully saturated rings. The quantitative estimate of drug-likeness (QED) is 0.108. The largest absolute Gasteiger partial charge is 0.494 e. The molecule has 218 valence electrons. The summed E-state index contributed by atoms with van der Waals surface area (Å²) in [6, 6.07) is 11.0. The van der Waals surface area contributed by atoms with Gasteiger partial charge in [0.2, 0.25) is 0 Å². The van der Waals surface area contributed by atoms with Gasteiger partial charge in [-0.25, -0.2) is 13.2 Å². The summed E-state index contributed by atoms with van der Waals surface area (Å²) in [6.45, 7) is 1.45. The van der Waals surface area contributed by atoms with Crippen LogP contribution in [0.4, 0.5) is 26.3 Å². The van der Waals surface area contributed by atoms with Crippen LogP contribution in [0.15, 0.2) is 75.6 Å². The third-order valence-electron chi connectivity index (χ3n) is 7.23. The Hall–Kier alpha value is -4.19. The standard InChI is InChI=1S/C30H22F6N2O3S/c1-15-18(13-19-20(30(34,35)36)9-6-11-22(19)32)29-38(28(39)25(15)17-8-5-12-24(41-2)26(17)33)23(14-42-29)27(37-40)16-7-3-4-10-21(16)31/h3-12,23,40H,13-14H2,1-2H3/b37-27-. The van der Waals surface area contributed by atoms with E-state index in [-0.39, 0.29) is 50.1 Å². The average molecular weight is 605 g/mol. The number of thioether (sulfide) groups is 1. The minimum Gasteiger partial charge on any atom is -0.494 e. The zero-order valence-corrected chi connectivity index (χ0v) is 22.9. The van der Waals surface area contributed by atoms with Gasteiger partial charge in [0.25, 0.3) is 5.56 Å². The number of aromatic nitrogens is 1. The lowest BCUT2D eigenvalue weighted by molar-refractivity contribution is -0.138. The lowest BCUT2D eigenvalue weighted by atomic mass is 9.92. The number of ether oxygens (including phenoxy) is 1. The van der Waals surface area contributed by atoms with Crippen molar-refractivity contribution in [3.8, 4) is 16.9 Å². The van der Waals surface area contributed by atoms with Gasteiger partial charge in [-0.05, 0) is 48.4 Å². The second kappa shape index (κ2) is 11.2. The number of fused-ring (bicyclic) bond motifs is 1. The summed E-state index contributed by atoms with van der Waals surface area (Å²) in [5.74, 6) is -2.87. The molecule has 2 heterocycles. The van der Waals surface area contributed by atoms with Crippen molar-refractivity contribution >= 4 is 17.5 Å². The summed E-state index contributed by atoms with van der Waals surface area (Å²) in [4.78, 5) is 14.1. The summed E-state index contributed by atoms with van der Waals surface area (Å²) in [5.41, 5.74) is -3.03. The molecule has 4 aromatic rings. The van der Waals surface area contributed by atoms with E-state index in [1.807, 2.05) is 0 Å². The molecule has 0 bridgehead atoms. The van der Waals surface area contributed by atoms with E-state index < -0.39 is 52.8 Å². The minimum absolute atomic E-state index is 0.0306. The highest BCUT2D eigenvalue weighted by Crippen LogP contribution is 2.43. The number of nitrogens with zero attached hydrogens (tertiary/aromatic N) is 2. The van der Waals surface area contributed by atoms with E-state index in [0.717, 1.165) is 40.6 Å². The van der Waals surface area contributed by atoms with Crippen molar-refractivity contribution in [1.82, 2.24) is 4.57 Å². The monoisotopic (exact) mass is 604 g/mol. The van der Waals surface area contributed by atoms with Crippen LogP contribution in [0.5, 0.6) is 5.75 Å². The fraction of sp³-hybridized carbons (Fsp3) is 0.200. The van der Waals surface area contributed by atoms with Crippen molar-refractivity contribution in [3.05, 3.63) is 116 Å². The number of benzene rings is 3. The Bertz CT molecular complexity index is 1780. The number of halogens is 6. The van der Waals surface area contributed by atoms with Gasteiger partial charge in [-0.15, -0.1) is 11.8 Å². The van der Waals surface area contributed by atoms with Crippen LogP contribution in [-0.4, -0.2) is 28.3 Å². The molecule has 42 heavy (non-hydrogen) atoms. The van der Waals surface area contributed by atoms with Crippen molar-refractivity contribution in [2.75, 3.05) is 12.9 Å². The molecule has 5 rings (SSSR count). The molecule has 0 spiro atoms. The highest BCUT2D eigenvalue weighted by molar-refractivity contribution is 7.99. The van der Waals surface area contributed by atoms with Crippen LogP contribution < -0.4 is 10.3 Å². The fourth-order valence-electron chi connectivity index (χ4n) is 5.24. The van der Waals surface area contributed by atoms with Gasteiger partial charge in [0.1, 0.15) is 17.3 Å². The molecule has 0 aliphatic carbocycles. The first-order valence-electron chi connectivity index (χ1n) is 12.5. The third-order valence-corrected chi connectivity index (χ3v) is 8.43. The molecule has 1 aromatic heterocycles. The van der Waals surface area contributed by atoms with Crippen LogP contribution in [0.2, 0.25) is 0 Å². The first-order valence-corrected chi connectivity index (χ1v) is 13.5. The lowest BCUT2D eigenvalue weighted by Crippen LogP contribution is -2.32. The van der Waals surface area contributed by atoms with Gasteiger partial charge in [-0.1, -0.05) is 35.5 Å². The number of hydrogen-bond acceptors (Lipinski definition) is 5. The van der Waals surface area contributed by atoms with Gasteiger partial charge in [0.05, 0.1) is 29.3 Å². The van der Waals surface area contributed by atoms with Gasteiger partial charge in [0, 0.05) is 28.9 Å². The Morgan fingerprint density at radius 1 is 1.02 bits per heavy atom. The van der Waals surface area contributed by atoms with Crippen LogP contribution in [0, 0.1) is 24.4 Å². The normalized spacial score (nSPS) is 15.1. The molecule has 0 amide bonds. The fourth-order valence-corrected chi connectivity index (χ4v) is 6.61. The first kappa shape index (κ1) is 29.3. The Morgan fingerprint density at radius 3 is 2.38 bits per heavy atom. The number of rotatable bonds is 6. The zero-order valence-electron chi connectivity index (χ0n) is 22.1. The second-order valence-corrected chi connectivity index (χ2v) is 10.5. The topological polar surface area (TPSA) is 63.8 Å². The first-order chi connectivity index (χ1) is 20.0. The number of alkyl halides is 3. The van der Waals surface area contributed by atoms with Gasteiger partial charge in [-0.3, -0.25) is 9.36 Å². The van der Waals surface area contributed by atoms with E-state index in [1.165, 1.54) is 50.4 Å². The highest BCUT2D eigenvalue weighted by Gasteiger charge is 2.38. The van der Waals surface area contributed by atoms with E-state index in [2.05, 4.69) is 5.16 Å². The minimum atomic E-state index is -4.88. The molecular weight excluding hydrogens is 582 g/mol. The molecule has 1 unspecified atom stereocenters. The van der Waals surface area contributed by atoms with E-state index >= 15 is 4.39 Å². The predicted molar refractivity (Wildman–Crippen MR) is 146 cm³/mol. The molecule has 12 heteroatoms. The lowest BCUT2D eigenvalue weighted by Gasteiger charge is -2.22. The van der Waals surface area contributed by atoms with Gasteiger partial charge in [0.15, 0.2) is 11.6 Å². The summed E-state index contributed by atoms with van der Waals surface area (Å²) in [7, 11) is 1.23. The Balaban J connectivity index is 1.82. The van der Waals surface area contributed by atoms with Crippen LogP contribution >= 0.6 is 11.8 Å². The molecule has 1 N–H and O–H groups in total. The van der Waals surface area contributed by atoms with Gasteiger partial charge < -0.3 is 9.94 Å². The van der Waals surface area contributed by atoms with E-state index in [1.54, 1.807) is 0 Å². The maximum atomic E-state index is 15.6. The molecule has 0 radical (unpaired) electrons. The Labute approximate surface area is 240 Å². The average Bonchev–Trinajstić information content (AvgIpc) is 3.38. The molecular formula is C30H22F6N2O3S. The molecule has 1 atom stereocenters. The van der Waals surface area contributed by atoms with Crippen LogP contribution in [-0.2, 0) is 12.6 Å². The van der Waals surface area contributed by atoms with Crippen LogP contribution in [0.3, 0.4) is 0 Å². The summed E-state index contributed by atoms with van der Waals surface area (Å²) in [5, 5.41) is 13.4. The van der Waals surface area contributed by atoms with Crippen molar-refractivity contribution in [1.29, 1.82) is 0 Å². The number of hydrogen-bond donors (Lipinski definition) is 1. The maximum absolute atomic E-state index is 15.6. The summed E-state index contributed by atoms with van der Waals surface area (Å²) >= 11 is 1.06. The van der Waals surface area contributed by atoms with E-state index in [4.69, 9.17) is 4.74 Å². The van der Waals surface area contributed by atoms with Crippen LogP contribution in [0.25, 0.3) is 11.1 Å². The molecule has 0 saturated heterocycles. The third kappa shape index (κ3) is 4.93. The summed E-state index contributed by atoms with van der Waals surface area (Å²) in [6.07, 6.45) is -5.47. The molecule has 3 aromatic carbocycles. The van der Waals surface area contributed by atoms with Gasteiger partial charge >= 0.3 is 6.18 Å². The van der Waals surface area contributed by atoms with E-state index in [9.17, 15) is 32.0 Å². The SMILES string of the molecule is COc1cccc(-c2c(C)c(Cc3c(F)cccc3C(F)(F)F)c3n(c2=O)C(/C(=N\O)c2ccccc2F)CS3)c1F. The number of pyridine rings is 1. The van der Waals surface area contributed by atoms with Gasteiger partial charge in [-0.2, -0.15) is 13.2 Å². The predicted octanol–water partition coefficient (Wildman–Crippen LogP) is 7.38. The zero-order chi connectivity index (χ0) is 30.3. The number of methoxy groups -OCH3 is 1. The van der Waals surface area contributed by atoms with Crippen LogP contribution in [0.1, 0.15) is 33.9 Å². The summed E-state index contributed by atoms with van der Waals surface area (Å²) < 4.78 is 93.3. The van der Waals surface area contributed by atoms with Crippen molar-refractivity contribution in [3.63, 3.8) is 0 Å². The van der Waals surface area contributed by atoms with Crippen molar-refractivity contribution in [2.45, 2.75) is 30.6 Å². The highest BCUT2D eigenvalue weighted by atomic mass is 32.2. The Kier molecular flexibility index (Phi) is 7.84. The maximum Gasteiger partial charge on any atom is 0.416 e. The van der Waals surface area contributed by atoms with E-state index in [0.29, 0.717) is 0 Å². The molecule has 0 saturated carbocycles.